The Balaban J connectivity index is 1.76. The lowest BCUT2D eigenvalue weighted by Crippen LogP contribution is -2.38. The van der Waals surface area contributed by atoms with Gasteiger partial charge in [0.05, 0.1) is 19.3 Å². The highest BCUT2D eigenvalue weighted by atomic mass is 16.5. The van der Waals surface area contributed by atoms with Crippen molar-refractivity contribution in [2.24, 2.45) is 5.92 Å². The first kappa shape index (κ1) is 15.2. The average molecular weight is 297 g/mol. The number of nitrogens with one attached hydrogen (secondary N) is 1. The van der Waals surface area contributed by atoms with E-state index in [1.165, 1.54) is 10.9 Å². The van der Waals surface area contributed by atoms with Crippen molar-refractivity contribution < 1.29 is 19.4 Å². The van der Waals surface area contributed by atoms with Gasteiger partial charge >= 0.3 is 12.0 Å². The lowest BCUT2D eigenvalue weighted by atomic mass is 10.1. The maximum Gasteiger partial charge on any atom is 0.325 e. The second-order valence-corrected chi connectivity index (χ2v) is 5.02. The first-order valence-electron chi connectivity index (χ1n) is 6.71. The van der Waals surface area contributed by atoms with Crippen LogP contribution in [0.1, 0.15) is 12.1 Å². The molecule has 1 aliphatic rings. The fourth-order valence-corrected chi connectivity index (χ4v) is 2.30. The van der Waals surface area contributed by atoms with E-state index >= 15 is 0 Å². The summed E-state index contributed by atoms with van der Waals surface area (Å²) in [5.41, 5.74) is 0.525. The highest BCUT2D eigenvalue weighted by molar-refractivity contribution is 5.74. The van der Waals surface area contributed by atoms with Crippen molar-refractivity contribution in [2.45, 2.75) is 19.5 Å². The number of likely N-dealkylation sites (tertiary alicyclic amines) is 1. The van der Waals surface area contributed by atoms with Crippen LogP contribution in [-0.4, -0.2) is 63.8 Å². The number of ether oxygens (including phenoxy) is 1. The number of carbonyl (C=O) groups is 2. The van der Waals surface area contributed by atoms with Gasteiger partial charge in [-0.3, -0.25) is 4.79 Å². The van der Waals surface area contributed by atoms with Gasteiger partial charge < -0.3 is 20.1 Å². The van der Waals surface area contributed by atoms with Gasteiger partial charge in [-0.15, -0.1) is 5.10 Å². The third-order valence-corrected chi connectivity index (χ3v) is 3.28. The molecular weight excluding hydrogens is 278 g/mol. The highest BCUT2D eigenvalue weighted by Crippen LogP contribution is 2.16. The number of hydrogen-bond acceptors (Lipinski definition) is 5. The van der Waals surface area contributed by atoms with Crippen molar-refractivity contribution in [2.75, 3.05) is 26.8 Å². The molecule has 9 nitrogen and oxygen atoms in total. The van der Waals surface area contributed by atoms with Crippen LogP contribution in [-0.2, 0) is 22.6 Å². The molecule has 1 saturated heterocycles. The topological polar surface area (TPSA) is 110 Å². The van der Waals surface area contributed by atoms with Gasteiger partial charge in [-0.2, -0.15) is 0 Å². The predicted octanol–water partition coefficient (Wildman–Crippen LogP) is -0.459. The van der Waals surface area contributed by atoms with Crippen LogP contribution in [0.25, 0.3) is 0 Å². The zero-order chi connectivity index (χ0) is 15.2. The highest BCUT2D eigenvalue weighted by Gasteiger charge is 2.25. The summed E-state index contributed by atoms with van der Waals surface area (Å²) in [5, 5.41) is 18.9. The van der Waals surface area contributed by atoms with Crippen LogP contribution in [0.5, 0.6) is 0 Å². The maximum atomic E-state index is 12.0. The number of aromatic nitrogens is 3. The quantitative estimate of drug-likeness (QED) is 0.735. The number of rotatable bonds is 6. The molecule has 116 valence electrons. The van der Waals surface area contributed by atoms with Crippen molar-refractivity contribution in [1.29, 1.82) is 0 Å². The average Bonchev–Trinajstić information content (AvgIpc) is 3.05. The number of carbonyl (C=O) groups excluding carboxylic acids is 1. The van der Waals surface area contributed by atoms with Crippen molar-refractivity contribution in [3.05, 3.63) is 11.9 Å². The monoisotopic (exact) mass is 297 g/mol. The third-order valence-electron chi connectivity index (χ3n) is 3.28. The summed E-state index contributed by atoms with van der Waals surface area (Å²) in [6, 6.07) is -0.151. The molecule has 1 aromatic rings. The molecule has 0 aliphatic carbocycles. The number of amides is 2. The molecule has 0 aromatic carbocycles. The van der Waals surface area contributed by atoms with E-state index in [0.717, 1.165) is 6.42 Å². The molecule has 1 fully saturated rings. The van der Waals surface area contributed by atoms with Crippen molar-refractivity contribution >= 4 is 12.0 Å². The smallest absolute Gasteiger partial charge is 0.325 e. The SMILES string of the molecule is COCC1CCN(C(=O)NCc2cn(CC(=O)O)nn2)C1. The molecule has 2 amide bonds. The van der Waals surface area contributed by atoms with E-state index in [0.29, 0.717) is 31.3 Å². The third kappa shape index (κ3) is 4.42. The molecule has 0 radical (unpaired) electrons. The Hall–Kier alpha value is -2.16. The normalized spacial score (nSPS) is 18.0. The molecule has 1 aliphatic heterocycles. The Bertz CT molecular complexity index is 504. The number of urea groups is 1. The molecule has 1 atom stereocenters. The van der Waals surface area contributed by atoms with Crippen LogP contribution in [0.15, 0.2) is 6.20 Å². The fraction of sp³-hybridized carbons (Fsp3) is 0.667. The molecule has 1 aromatic heterocycles. The zero-order valence-electron chi connectivity index (χ0n) is 11.9. The number of carboxylic acids is 1. The summed E-state index contributed by atoms with van der Waals surface area (Å²) in [6.45, 7) is 2.04. The summed E-state index contributed by atoms with van der Waals surface area (Å²) in [7, 11) is 1.66. The number of carboxylic acid groups (broad SMARTS) is 1. The van der Waals surface area contributed by atoms with Crippen LogP contribution in [0.3, 0.4) is 0 Å². The molecule has 0 bridgehead atoms. The Kier molecular flexibility index (Phi) is 5.09. The van der Waals surface area contributed by atoms with Gasteiger partial charge in [0.25, 0.3) is 0 Å². The Morgan fingerprint density at radius 1 is 1.57 bits per heavy atom. The van der Waals surface area contributed by atoms with Crippen LogP contribution < -0.4 is 5.32 Å². The molecular formula is C12H19N5O4. The Morgan fingerprint density at radius 2 is 2.38 bits per heavy atom. The van der Waals surface area contributed by atoms with E-state index in [1.807, 2.05) is 0 Å². The molecule has 0 saturated carbocycles. The number of aliphatic carboxylic acids is 1. The lowest BCUT2D eigenvalue weighted by molar-refractivity contribution is -0.137. The van der Waals surface area contributed by atoms with Crippen LogP contribution in [0.2, 0.25) is 0 Å². The molecule has 21 heavy (non-hydrogen) atoms. The van der Waals surface area contributed by atoms with Gasteiger partial charge in [-0.1, -0.05) is 5.21 Å². The molecule has 1 unspecified atom stereocenters. The van der Waals surface area contributed by atoms with Gasteiger partial charge in [0, 0.05) is 26.1 Å². The van der Waals surface area contributed by atoms with Gasteiger partial charge in [0.15, 0.2) is 0 Å². The Labute approximate surface area is 121 Å². The van der Waals surface area contributed by atoms with Crippen LogP contribution in [0, 0.1) is 5.92 Å². The first-order chi connectivity index (χ1) is 10.1. The summed E-state index contributed by atoms with van der Waals surface area (Å²) >= 11 is 0. The number of nitrogens with zero attached hydrogens (tertiary/aromatic N) is 4. The number of methoxy groups -OCH3 is 1. The minimum absolute atomic E-state index is 0.151. The maximum absolute atomic E-state index is 12.0. The molecule has 2 rings (SSSR count). The van der Waals surface area contributed by atoms with E-state index in [9.17, 15) is 9.59 Å². The fourth-order valence-electron chi connectivity index (χ4n) is 2.30. The summed E-state index contributed by atoms with van der Waals surface area (Å²) < 4.78 is 6.31. The van der Waals surface area contributed by atoms with E-state index < -0.39 is 5.97 Å². The lowest BCUT2D eigenvalue weighted by Gasteiger charge is -2.16. The van der Waals surface area contributed by atoms with Gasteiger partial charge in [-0.05, 0) is 6.42 Å². The minimum atomic E-state index is -0.989. The van der Waals surface area contributed by atoms with E-state index in [1.54, 1.807) is 12.0 Å². The van der Waals surface area contributed by atoms with Gasteiger partial charge in [0.1, 0.15) is 12.2 Å². The van der Waals surface area contributed by atoms with Crippen molar-refractivity contribution in [3.63, 3.8) is 0 Å². The van der Waals surface area contributed by atoms with Crippen molar-refractivity contribution in [1.82, 2.24) is 25.2 Å². The van der Waals surface area contributed by atoms with Crippen LogP contribution in [0.4, 0.5) is 4.79 Å². The first-order valence-corrected chi connectivity index (χ1v) is 6.71. The Morgan fingerprint density at radius 3 is 3.10 bits per heavy atom. The predicted molar refractivity (Wildman–Crippen MR) is 71.4 cm³/mol. The van der Waals surface area contributed by atoms with Crippen molar-refractivity contribution in [3.8, 4) is 0 Å². The molecule has 2 N–H and O–H groups in total. The zero-order valence-corrected chi connectivity index (χ0v) is 11.9. The summed E-state index contributed by atoms with van der Waals surface area (Å²) in [5.74, 6) is -0.603. The largest absolute Gasteiger partial charge is 0.480 e. The van der Waals surface area contributed by atoms with Gasteiger partial charge in [-0.25, -0.2) is 9.48 Å². The standard InChI is InChI=1S/C12H19N5O4/c1-21-8-9-2-3-16(5-9)12(20)13-4-10-6-17(15-14-10)7-11(18)19/h6,9H,2-5,7-8H2,1H3,(H,13,20)(H,18,19). The van der Waals surface area contributed by atoms with E-state index in [4.69, 9.17) is 9.84 Å². The van der Waals surface area contributed by atoms with E-state index in [2.05, 4.69) is 15.6 Å². The summed E-state index contributed by atoms with van der Waals surface area (Å²) in [4.78, 5) is 24.2. The molecule has 2 heterocycles. The number of hydrogen-bond donors (Lipinski definition) is 2. The molecule has 0 spiro atoms. The second kappa shape index (κ2) is 7.02. The van der Waals surface area contributed by atoms with Crippen LogP contribution >= 0.6 is 0 Å². The van der Waals surface area contributed by atoms with Gasteiger partial charge in [0.2, 0.25) is 0 Å². The summed E-state index contributed by atoms with van der Waals surface area (Å²) in [6.07, 6.45) is 2.45. The molecule has 9 heteroatoms. The second-order valence-electron chi connectivity index (χ2n) is 5.02. The minimum Gasteiger partial charge on any atom is -0.480 e. The van der Waals surface area contributed by atoms with E-state index in [-0.39, 0.29) is 19.1 Å².